The van der Waals surface area contributed by atoms with Crippen LogP contribution < -0.4 is 9.47 Å². The van der Waals surface area contributed by atoms with Crippen LogP contribution in [0.15, 0.2) is 60.7 Å². The molecule has 2 aliphatic heterocycles. The summed E-state index contributed by atoms with van der Waals surface area (Å²) in [5.41, 5.74) is 6.38. The van der Waals surface area contributed by atoms with Crippen LogP contribution in [0.3, 0.4) is 0 Å². The van der Waals surface area contributed by atoms with E-state index in [9.17, 15) is 9.59 Å². The summed E-state index contributed by atoms with van der Waals surface area (Å²) in [5, 5.41) is 0. The van der Waals surface area contributed by atoms with Gasteiger partial charge >= 0.3 is 5.97 Å². The van der Waals surface area contributed by atoms with E-state index >= 15 is 0 Å². The van der Waals surface area contributed by atoms with Gasteiger partial charge < -0.3 is 19.1 Å². The second-order valence-electron chi connectivity index (χ2n) is 8.99. The van der Waals surface area contributed by atoms with Gasteiger partial charge in [0.05, 0.1) is 27.2 Å². The van der Waals surface area contributed by atoms with Gasteiger partial charge in [-0.15, -0.1) is 0 Å². The van der Waals surface area contributed by atoms with E-state index in [1.165, 1.54) is 18.2 Å². The van der Waals surface area contributed by atoms with Gasteiger partial charge in [-0.2, -0.15) is 0 Å². The Bertz CT molecular complexity index is 1250. The number of esters is 1. The maximum atomic E-state index is 13.2. The molecule has 3 aromatic carbocycles. The van der Waals surface area contributed by atoms with Gasteiger partial charge in [-0.3, -0.25) is 9.59 Å². The molecule has 0 saturated carbocycles. The quantitative estimate of drug-likeness (QED) is 0.495. The lowest BCUT2D eigenvalue weighted by Gasteiger charge is -2.32. The Morgan fingerprint density at radius 1 is 1.00 bits per heavy atom. The van der Waals surface area contributed by atoms with E-state index in [1.54, 1.807) is 19.2 Å². The molecule has 1 unspecified atom stereocenters. The van der Waals surface area contributed by atoms with Gasteiger partial charge in [0.2, 0.25) is 0 Å². The van der Waals surface area contributed by atoms with Gasteiger partial charge in [0.15, 0.2) is 0 Å². The topological polar surface area (TPSA) is 65.1 Å². The van der Waals surface area contributed by atoms with E-state index < -0.39 is 0 Å². The minimum absolute atomic E-state index is 0.00781. The highest BCUT2D eigenvalue weighted by molar-refractivity contribution is 5.94. The lowest BCUT2D eigenvalue weighted by atomic mass is 9.81. The molecule has 2 heterocycles. The van der Waals surface area contributed by atoms with Gasteiger partial charge in [-0.05, 0) is 64.6 Å². The van der Waals surface area contributed by atoms with Gasteiger partial charge in [0, 0.05) is 31.0 Å². The van der Waals surface area contributed by atoms with Crippen molar-refractivity contribution in [3.8, 4) is 11.5 Å². The highest BCUT2D eigenvalue weighted by atomic mass is 16.5. The molecule has 35 heavy (non-hydrogen) atoms. The molecule has 0 spiro atoms. The summed E-state index contributed by atoms with van der Waals surface area (Å²) in [7, 11) is 3.04. The van der Waals surface area contributed by atoms with Gasteiger partial charge in [0.1, 0.15) is 11.5 Å². The smallest absolute Gasteiger partial charge is 0.306 e. The van der Waals surface area contributed by atoms with Crippen molar-refractivity contribution >= 4 is 11.9 Å². The first-order valence-corrected chi connectivity index (χ1v) is 11.9. The number of nitrogens with zero attached hydrogens (tertiary/aromatic N) is 1. The Kier molecular flexibility index (Phi) is 6.45. The van der Waals surface area contributed by atoms with Crippen LogP contribution in [-0.4, -0.2) is 44.1 Å². The lowest BCUT2D eigenvalue weighted by Crippen LogP contribution is -2.36. The van der Waals surface area contributed by atoms with Crippen LogP contribution in [0.2, 0.25) is 0 Å². The van der Waals surface area contributed by atoms with E-state index in [2.05, 4.69) is 24.3 Å². The van der Waals surface area contributed by atoms with Crippen LogP contribution in [0, 0.1) is 0 Å². The number of carbonyl (C=O) groups excluding carboxylic acids is 2. The molecule has 0 N–H and O–H groups in total. The fourth-order valence-corrected chi connectivity index (χ4v) is 5.14. The molecule has 0 bridgehead atoms. The number of rotatable bonds is 6. The first-order chi connectivity index (χ1) is 17.1. The fourth-order valence-electron chi connectivity index (χ4n) is 5.14. The molecule has 6 heteroatoms. The molecule has 0 saturated heterocycles. The number of amides is 1. The SMILES string of the molecule is COC(=O)CC(c1ccc2c(c1)CCO2)c1cccc2c1CCN(C(=O)c1ccc(OC)cc1)C2. The van der Waals surface area contributed by atoms with Crippen molar-refractivity contribution in [3.63, 3.8) is 0 Å². The van der Waals surface area contributed by atoms with Crippen LogP contribution in [-0.2, 0) is 28.9 Å². The molecular formula is C29H29NO5. The van der Waals surface area contributed by atoms with Crippen LogP contribution in [0.5, 0.6) is 11.5 Å². The number of ether oxygens (including phenoxy) is 3. The first kappa shape index (κ1) is 23.0. The molecule has 180 valence electrons. The average Bonchev–Trinajstić information content (AvgIpc) is 3.38. The molecule has 1 amide bonds. The van der Waals surface area contributed by atoms with Crippen molar-refractivity contribution in [2.75, 3.05) is 27.4 Å². The Hall–Kier alpha value is -3.80. The zero-order chi connectivity index (χ0) is 24.4. The molecule has 0 aromatic heterocycles. The van der Waals surface area contributed by atoms with Crippen LogP contribution in [0.1, 0.15) is 50.5 Å². The Labute approximate surface area is 205 Å². The summed E-state index contributed by atoms with van der Waals surface area (Å²) >= 11 is 0. The molecule has 6 nitrogen and oxygen atoms in total. The van der Waals surface area contributed by atoms with E-state index in [-0.39, 0.29) is 24.2 Å². The fraction of sp³-hybridized carbons (Fsp3) is 0.310. The standard InChI is InChI=1S/C29H29NO5/c1-33-23-9-6-19(7-10-23)29(32)30-14-12-24-22(18-30)4-3-5-25(24)26(17-28(31)34-2)20-8-11-27-21(16-20)13-15-35-27/h3-11,16,26H,12-15,17-18H2,1-2H3. The molecule has 2 aliphatic rings. The third-order valence-corrected chi connectivity index (χ3v) is 7.02. The second kappa shape index (κ2) is 9.82. The van der Waals surface area contributed by atoms with Crippen molar-refractivity contribution in [2.45, 2.75) is 31.7 Å². The number of methoxy groups -OCH3 is 2. The van der Waals surface area contributed by atoms with Crippen molar-refractivity contribution in [3.05, 3.63) is 94.0 Å². The average molecular weight is 472 g/mol. The number of hydrogen-bond donors (Lipinski definition) is 0. The van der Waals surface area contributed by atoms with Crippen molar-refractivity contribution in [1.82, 2.24) is 4.90 Å². The number of fused-ring (bicyclic) bond motifs is 2. The highest BCUT2D eigenvalue weighted by Crippen LogP contribution is 2.37. The van der Waals surface area contributed by atoms with E-state index in [1.807, 2.05) is 29.2 Å². The minimum Gasteiger partial charge on any atom is -0.497 e. The van der Waals surface area contributed by atoms with Crippen molar-refractivity contribution in [2.24, 2.45) is 0 Å². The summed E-state index contributed by atoms with van der Waals surface area (Å²) in [4.78, 5) is 27.4. The summed E-state index contributed by atoms with van der Waals surface area (Å²) in [6.45, 7) is 1.86. The van der Waals surface area contributed by atoms with E-state index in [0.29, 0.717) is 25.3 Å². The van der Waals surface area contributed by atoms with E-state index in [0.717, 1.165) is 41.0 Å². The number of hydrogen-bond acceptors (Lipinski definition) is 5. The Morgan fingerprint density at radius 2 is 1.83 bits per heavy atom. The normalized spacial score (nSPS) is 15.0. The Morgan fingerprint density at radius 3 is 2.60 bits per heavy atom. The predicted octanol–water partition coefficient (Wildman–Crippen LogP) is 4.52. The van der Waals surface area contributed by atoms with Gasteiger partial charge in [0.25, 0.3) is 5.91 Å². The Balaban J connectivity index is 1.44. The summed E-state index contributed by atoms with van der Waals surface area (Å²) in [6.07, 6.45) is 1.88. The molecule has 3 aromatic rings. The van der Waals surface area contributed by atoms with Crippen LogP contribution in [0.25, 0.3) is 0 Å². The first-order valence-electron chi connectivity index (χ1n) is 11.9. The van der Waals surface area contributed by atoms with Crippen molar-refractivity contribution < 1.29 is 23.8 Å². The monoisotopic (exact) mass is 471 g/mol. The van der Waals surface area contributed by atoms with Crippen molar-refractivity contribution in [1.29, 1.82) is 0 Å². The molecule has 5 rings (SSSR count). The molecule has 0 radical (unpaired) electrons. The highest BCUT2D eigenvalue weighted by Gasteiger charge is 2.28. The molecule has 0 aliphatic carbocycles. The largest absolute Gasteiger partial charge is 0.497 e. The number of carbonyl (C=O) groups is 2. The van der Waals surface area contributed by atoms with E-state index in [4.69, 9.17) is 14.2 Å². The van der Waals surface area contributed by atoms with Gasteiger partial charge in [-0.1, -0.05) is 30.3 Å². The lowest BCUT2D eigenvalue weighted by molar-refractivity contribution is -0.140. The summed E-state index contributed by atoms with van der Waals surface area (Å²) in [6, 6.07) is 19.7. The number of benzene rings is 3. The summed E-state index contributed by atoms with van der Waals surface area (Å²) < 4.78 is 15.9. The van der Waals surface area contributed by atoms with Gasteiger partial charge in [-0.25, -0.2) is 0 Å². The minimum atomic E-state index is -0.239. The molecule has 1 atom stereocenters. The summed E-state index contributed by atoms with van der Waals surface area (Å²) in [5.74, 6) is 1.30. The second-order valence-corrected chi connectivity index (χ2v) is 8.99. The molecule has 0 fully saturated rings. The zero-order valence-corrected chi connectivity index (χ0v) is 20.1. The molecular weight excluding hydrogens is 442 g/mol. The van der Waals surface area contributed by atoms with Crippen LogP contribution in [0.4, 0.5) is 0 Å². The maximum Gasteiger partial charge on any atom is 0.306 e. The zero-order valence-electron chi connectivity index (χ0n) is 20.1. The maximum absolute atomic E-state index is 13.2. The predicted molar refractivity (Wildman–Crippen MR) is 132 cm³/mol. The third-order valence-electron chi connectivity index (χ3n) is 7.02. The third kappa shape index (κ3) is 4.61. The van der Waals surface area contributed by atoms with Crippen LogP contribution >= 0.6 is 0 Å².